The van der Waals surface area contributed by atoms with Gasteiger partial charge in [0.25, 0.3) is 0 Å². The highest BCUT2D eigenvalue weighted by molar-refractivity contribution is 9.10. The summed E-state index contributed by atoms with van der Waals surface area (Å²) < 4.78 is 14.9. The lowest BCUT2D eigenvalue weighted by atomic mass is 10.1. The second-order valence-corrected chi connectivity index (χ2v) is 5.74. The van der Waals surface area contributed by atoms with Crippen LogP contribution < -0.4 is 0 Å². The molecule has 5 heteroatoms. The molecule has 0 atom stereocenters. The van der Waals surface area contributed by atoms with E-state index in [0.29, 0.717) is 13.8 Å². The van der Waals surface area contributed by atoms with Crippen LogP contribution in [0.4, 0.5) is 4.39 Å². The van der Waals surface area contributed by atoms with Gasteiger partial charge in [0, 0.05) is 8.95 Å². The quantitative estimate of drug-likeness (QED) is 0.710. The molecule has 1 nitrogen and oxygen atoms in total. The molecule has 1 aromatic heterocycles. The second kappa shape index (κ2) is 4.77. The first-order chi connectivity index (χ1) is 7.59. The molecule has 0 spiro atoms. The van der Waals surface area contributed by atoms with Gasteiger partial charge in [-0.05, 0) is 45.6 Å². The van der Waals surface area contributed by atoms with Crippen molar-refractivity contribution in [3.63, 3.8) is 0 Å². The average molecular weight is 364 g/mol. The van der Waals surface area contributed by atoms with Crippen LogP contribution in [0.1, 0.15) is 15.2 Å². The minimum absolute atomic E-state index is 0.0892. The van der Waals surface area contributed by atoms with Crippen molar-refractivity contribution in [2.24, 2.45) is 0 Å². The van der Waals surface area contributed by atoms with Gasteiger partial charge >= 0.3 is 0 Å². The number of ketones is 1. The number of thiophene rings is 1. The number of carbonyl (C=O) groups is 1. The van der Waals surface area contributed by atoms with Gasteiger partial charge in [0.15, 0.2) is 0 Å². The summed E-state index contributed by atoms with van der Waals surface area (Å²) >= 11 is 7.70. The minimum atomic E-state index is -0.514. The highest BCUT2D eigenvalue weighted by atomic mass is 79.9. The van der Waals surface area contributed by atoms with E-state index in [-0.39, 0.29) is 11.3 Å². The first-order valence-electron chi connectivity index (χ1n) is 4.32. The van der Waals surface area contributed by atoms with Crippen LogP contribution in [-0.2, 0) is 0 Å². The van der Waals surface area contributed by atoms with E-state index in [1.807, 2.05) is 0 Å². The molecular formula is C11H5Br2FOS. The molecule has 0 aliphatic rings. The Labute approximate surface area is 113 Å². The fraction of sp³-hybridized carbons (Fsp3) is 0. The topological polar surface area (TPSA) is 17.1 Å². The lowest BCUT2D eigenvalue weighted by molar-refractivity contribution is 0.103. The third-order valence-electron chi connectivity index (χ3n) is 2.00. The fourth-order valence-corrected chi connectivity index (χ4v) is 3.09. The Kier molecular flexibility index (Phi) is 3.56. The van der Waals surface area contributed by atoms with Crippen LogP contribution in [0.25, 0.3) is 0 Å². The van der Waals surface area contributed by atoms with E-state index in [2.05, 4.69) is 31.9 Å². The Morgan fingerprint density at radius 2 is 2.00 bits per heavy atom. The summed E-state index contributed by atoms with van der Waals surface area (Å²) in [4.78, 5) is 12.5. The van der Waals surface area contributed by atoms with Crippen molar-refractivity contribution in [1.29, 1.82) is 0 Å². The number of benzene rings is 1. The van der Waals surface area contributed by atoms with E-state index in [1.54, 1.807) is 17.5 Å². The minimum Gasteiger partial charge on any atom is -0.288 e. The molecule has 2 aromatic rings. The highest BCUT2D eigenvalue weighted by Crippen LogP contribution is 2.27. The molecule has 0 aliphatic carbocycles. The number of rotatable bonds is 2. The summed E-state index contributed by atoms with van der Waals surface area (Å²) in [6, 6.07) is 6.19. The molecular weight excluding hydrogens is 359 g/mol. The van der Waals surface area contributed by atoms with Crippen molar-refractivity contribution in [2.45, 2.75) is 0 Å². The molecule has 1 aromatic carbocycles. The van der Waals surface area contributed by atoms with E-state index in [4.69, 9.17) is 0 Å². The van der Waals surface area contributed by atoms with Crippen molar-refractivity contribution in [2.75, 3.05) is 0 Å². The second-order valence-electron chi connectivity index (χ2n) is 3.05. The largest absolute Gasteiger partial charge is 0.288 e. The zero-order valence-corrected chi connectivity index (χ0v) is 11.8. The molecule has 0 N–H and O–H groups in total. The molecule has 0 saturated heterocycles. The SMILES string of the molecule is O=C(c1ccc(Br)cc1F)c1sccc1Br. The maximum absolute atomic E-state index is 13.6. The number of carbonyl (C=O) groups excluding carboxylic acids is 1. The zero-order chi connectivity index (χ0) is 11.7. The van der Waals surface area contributed by atoms with E-state index in [0.717, 1.165) is 0 Å². The first kappa shape index (κ1) is 12.0. The number of hydrogen-bond donors (Lipinski definition) is 0. The molecule has 1 heterocycles. The van der Waals surface area contributed by atoms with E-state index in [9.17, 15) is 9.18 Å². The monoisotopic (exact) mass is 362 g/mol. The van der Waals surface area contributed by atoms with Crippen molar-refractivity contribution in [3.05, 3.63) is 54.8 Å². The van der Waals surface area contributed by atoms with E-state index in [1.165, 1.54) is 23.5 Å². The van der Waals surface area contributed by atoms with Gasteiger partial charge in [-0.25, -0.2) is 4.39 Å². The van der Waals surface area contributed by atoms with Crippen LogP contribution in [0.5, 0.6) is 0 Å². The van der Waals surface area contributed by atoms with Crippen LogP contribution in [0.2, 0.25) is 0 Å². The third kappa shape index (κ3) is 2.26. The molecule has 0 bridgehead atoms. The fourth-order valence-electron chi connectivity index (χ4n) is 1.25. The van der Waals surface area contributed by atoms with Crippen molar-refractivity contribution in [1.82, 2.24) is 0 Å². The van der Waals surface area contributed by atoms with Gasteiger partial charge in [-0.3, -0.25) is 4.79 Å². The zero-order valence-electron chi connectivity index (χ0n) is 7.84. The normalized spacial score (nSPS) is 10.4. The number of hydrogen-bond acceptors (Lipinski definition) is 2. The Morgan fingerprint density at radius 3 is 2.56 bits per heavy atom. The third-order valence-corrected chi connectivity index (χ3v) is 4.33. The van der Waals surface area contributed by atoms with Crippen LogP contribution >= 0.6 is 43.2 Å². The van der Waals surface area contributed by atoms with Gasteiger partial charge in [0.05, 0.1) is 10.4 Å². The van der Waals surface area contributed by atoms with Gasteiger partial charge in [-0.15, -0.1) is 11.3 Å². The van der Waals surface area contributed by atoms with E-state index >= 15 is 0 Å². The summed E-state index contributed by atoms with van der Waals surface area (Å²) in [5.41, 5.74) is 0.0892. The van der Waals surface area contributed by atoms with Crippen LogP contribution in [-0.4, -0.2) is 5.78 Å². The van der Waals surface area contributed by atoms with E-state index < -0.39 is 5.82 Å². The van der Waals surface area contributed by atoms with Crippen LogP contribution in [0, 0.1) is 5.82 Å². The summed E-state index contributed by atoms with van der Waals surface area (Å²) in [5.74, 6) is -0.813. The van der Waals surface area contributed by atoms with Gasteiger partial charge in [0.2, 0.25) is 5.78 Å². The molecule has 0 amide bonds. The smallest absolute Gasteiger partial charge is 0.207 e. The van der Waals surface area contributed by atoms with Crippen LogP contribution in [0.3, 0.4) is 0 Å². The lowest BCUT2D eigenvalue weighted by Gasteiger charge is -2.01. The Balaban J connectivity index is 2.46. The predicted molar refractivity (Wildman–Crippen MR) is 69.6 cm³/mol. The number of halogens is 3. The standard InChI is InChI=1S/C11H5Br2FOS/c12-6-1-2-7(9(14)5-6)10(15)11-8(13)3-4-16-11/h1-5H. The van der Waals surface area contributed by atoms with Gasteiger partial charge < -0.3 is 0 Å². The molecule has 0 unspecified atom stereocenters. The predicted octanol–water partition coefficient (Wildman–Crippen LogP) is 4.64. The molecule has 0 saturated carbocycles. The molecule has 0 radical (unpaired) electrons. The molecule has 2 rings (SSSR count). The highest BCUT2D eigenvalue weighted by Gasteiger charge is 2.17. The van der Waals surface area contributed by atoms with Crippen LogP contribution in [0.15, 0.2) is 38.6 Å². The summed E-state index contributed by atoms with van der Waals surface area (Å²) in [6.45, 7) is 0. The summed E-state index contributed by atoms with van der Waals surface area (Å²) in [6.07, 6.45) is 0. The first-order valence-corrected chi connectivity index (χ1v) is 6.79. The molecule has 0 fully saturated rings. The Morgan fingerprint density at radius 1 is 1.25 bits per heavy atom. The average Bonchev–Trinajstić information content (AvgIpc) is 2.63. The van der Waals surface area contributed by atoms with Crippen molar-refractivity contribution in [3.8, 4) is 0 Å². The maximum Gasteiger partial charge on any atom is 0.207 e. The van der Waals surface area contributed by atoms with Crippen molar-refractivity contribution >= 4 is 49.0 Å². The molecule has 0 aliphatic heterocycles. The van der Waals surface area contributed by atoms with Gasteiger partial charge in [-0.1, -0.05) is 15.9 Å². The van der Waals surface area contributed by atoms with Gasteiger partial charge in [0.1, 0.15) is 5.82 Å². The Bertz CT molecular complexity index is 551. The van der Waals surface area contributed by atoms with Crippen molar-refractivity contribution < 1.29 is 9.18 Å². The Hall–Kier alpha value is -0.520. The summed E-state index contributed by atoms with van der Waals surface area (Å²) in [5, 5.41) is 1.79. The maximum atomic E-state index is 13.6. The molecule has 82 valence electrons. The van der Waals surface area contributed by atoms with Gasteiger partial charge in [-0.2, -0.15) is 0 Å². The summed E-state index contributed by atoms with van der Waals surface area (Å²) in [7, 11) is 0. The lowest BCUT2D eigenvalue weighted by Crippen LogP contribution is -2.02. The molecule has 16 heavy (non-hydrogen) atoms.